The summed E-state index contributed by atoms with van der Waals surface area (Å²) in [5, 5.41) is 9.95. The zero-order chi connectivity index (χ0) is 20.9. The summed E-state index contributed by atoms with van der Waals surface area (Å²) in [5.41, 5.74) is 2.80. The number of likely N-dealkylation sites (tertiary alicyclic amines) is 1. The van der Waals surface area contributed by atoms with Gasteiger partial charge in [-0.1, -0.05) is 23.2 Å². The molecule has 2 aromatic heterocycles. The van der Waals surface area contributed by atoms with Gasteiger partial charge in [-0.25, -0.2) is 14.6 Å². The van der Waals surface area contributed by atoms with Crippen molar-refractivity contribution < 1.29 is 4.74 Å². The zero-order valence-electron chi connectivity index (χ0n) is 17.1. The van der Waals surface area contributed by atoms with Crippen molar-refractivity contribution in [3.8, 4) is 0 Å². The van der Waals surface area contributed by atoms with Crippen LogP contribution in [0.3, 0.4) is 0 Å². The van der Waals surface area contributed by atoms with Crippen LogP contribution in [0.2, 0.25) is 10.2 Å². The van der Waals surface area contributed by atoms with Gasteiger partial charge < -0.3 is 10.1 Å². The minimum atomic E-state index is 0.425. The number of benzene rings is 1. The quantitative estimate of drug-likeness (QED) is 0.592. The largest absolute Gasteiger partial charge is 0.378 e. The molecule has 3 aliphatic rings. The monoisotopic (exact) mass is 458 g/mol. The summed E-state index contributed by atoms with van der Waals surface area (Å²) in [4.78, 5) is 11.7. The van der Waals surface area contributed by atoms with E-state index in [1.807, 2.05) is 10.7 Å². The van der Waals surface area contributed by atoms with E-state index in [9.17, 15) is 0 Å². The summed E-state index contributed by atoms with van der Waals surface area (Å²) in [6, 6.07) is 5.14. The molecule has 162 valence electrons. The molecule has 31 heavy (non-hydrogen) atoms. The molecule has 2 saturated heterocycles. The fourth-order valence-corrected chi connectivity index (χ4v) is 5.18. The van der Waals surface area contributed by atoms with E-state index in [1.54, 1.807) is 12.4 Å². The molecule has 6 rings (SSSR count). The number of aromatic nitrogens is 4. The number of rotatable bonds is 5. The van der Waals surface area contributed by atoms with Gasteiger partial charge in [0.2, 0.25) is 5.95 Å². The predicted molar refractivity (Wildman–Crippen MR) is 121 cm³/mol. The first kappa shape index (κ1) is 19.7. The Morgan fingerprint density at radius 1 is 1.00 bits per heavy atom. The first-order valence-corrected chi connectivity index (χ1v) is 11.7. The molecule has 3 aromatic rings. The second-order valence-corrected chi connectivity index (χ2v) is 9.54. The molecule has 4 heterocycles. The number of nitrogens with one attached hydrogen (secondary N) is 1. The van der Waals surface area contributed by atoms with Gasteiger partial charge in [0.05, 0.1) is 42.7 Å². The van der Waals surface area contributed by atoms with Crippen molar-refractivity contribution in [1.82, 2.24) is 24.6 Å². The van der Waals surface area contributed by atoms with Crippen molar-refractivity contribution in [3.05, 3.63) is 40.3 Å². The van der Waals surface area contributed by atoms with Crippen LogP contribution in [0.4, 0.5) is 11.6 Å². The third-order valence-electron chi connectivity index (χ3n) is 6.68. The number of hydrogen-bond donors (Lipinski definition) is 1. The van der Waals surface area contributed by atoms with Crippen molar-refractivity contribution in [1.29, 1.82) is 0 Å². The standard InChI is InChI=1S/C22H24Cl2N6O/c23-18-7-14-9-25-22(28-20-10-26-30(21(20)24)15-1-2-15)27-19(14)8-17(18)13-3-5-29(6-4-13)16-11-31-12-16/h7-10,13,15-16H,1-6,11-12H2,(H,25,27,28). The summed E-state index contributed by atoms with van der Waals surface area (Å²) < 4.78 is 7.21. The van der Waals surface area contributed by atoms with Crippen molar-refractivity contribution in [3.63, 3.8) is 0 Å². The van der Waals surface area contributed by atoms with Crippen molar-refractivity contribution in [2.24, 2.45) is 0 Å². The Balaban J connectivity index is 1.23. The Hall–Kier alpha value is -1.93. The van der Waals surface area contributed by atoms with E-state index >= 15 is 0 Å². The normalized spacial score (nSPS) is 20.8. The number of hydrogen-bond acceptors (Lipinski definition) is 6. The Labute approximate surface area is 190 Å². The first-order chi connectivity index (χ1) is 15.2. The molecule has 7 nitrogen and oxygen atoms in total. The lowest BCUT2D eigenvalue weighted by Gasteiger charge is -2.41. The summed E-state index contributed by atoms with van der Waals surface area (Å²) in [5.74, 6) is 0.963. The van der Waals surface area contributed by atoms with Crippen molar-refractivity contribution in [2.75, 3.05) is 31.6 Å². The average molecular weight is 459 g/mol. The molecule has 2 aliphatic heterocycles. The molecule has 0 amide bonds. The molecular formula is C22H24Cl2N6O. The highest BCUT2D eigenvalue weighted by Gasteiger charge is 2.31. The predicted octanol–water partition coefficient (Wildman–Crippen LogP) is 4.79. The van der Waals surface area contributed by atoms with Crippen molar-refractivity contribution >= 4 is 45.7 Å². The van der Waals surface area contributed by atoms with E-state index in [1.165, 1.54) is 5.56 Å². The molecule has 0 unspecified atom stereocenters. The van der Waals surface area contributed by atoms with E-state index in [2.05, 4.69) is 26.4 Å². The van der Waals surface area contributed by atoms with Gasteiger partial charge in [0.1, 0.15) is 0 Å². The number of halogens is 2. The maximum Gasteiger partial charge on any atom is 0.227 e. The van der Waals surface area contributed by atoms with Crippen LogP contribution in [0.25, 0.3) is 10.9 Å². The fourth-order valence-electron chi connectivity index (χ4n) is 4.58. The third kappa shape index (κ3) is 3.78. The van der Waals surface area contributed by atoms with Gasteiger partial charge in [0.15, 0.2) is 5.15 Å². The molecule has 3 fully saturated rings. The number of anilines is 2. The number of ether oxygens (including phenoxy) is 1. The molecule has 0 radical (unpaired) electrons. The summed E-state index contributed by atoms with van der Waals surface area (Å²) in [6.07, 6.45) is 8.01. The van der Waals surface area contributed by atoms with Gasteiger partial charge in [-0.3, -0.25) is 4.90 Å². The second kappa shape index (κ2) is 7.89. The molecule has 9 heteroatoms. The summed E-state index contributed by atoms with van der Waals surface area (Å²) in [6.45, 7) is 3.93. The zero-order valence-corrected chi connectivity index (χ0v) is 18.6. The highest BCUT2D eigenvalue weighted by molar-refractivity contribution is 6.32. The second-order valence-electron chi connectivity index (χ2n) is 8.78. The molecule has 1 N–H and O–H groups in total. The summed E-state index contributed by atoms with van der Waals surface area (Å²) >= 11 is 13.1. The van der Waals surface area contributed by atoms with Gasteiger partial charge >= 0.3 is 0 Å². The highest BCUT2D eigenvalue weighted by atomic mass is 35.5. The van der Waals surface area contributed by atoms with Gasteiger partial charge in [0.25, 0.3) is 0 Å². The van der Waals surface area contributed by atoms with Crippen LogP contribution < -0.4 is 5.32 Å². The van der Waals surface area contributed by atoms with E-state index in [0.29, 0.717) is 29.1 Å². The Morgan fingerprint density at radius 2 is 1.81 bits per heavy atom. The molecule has 0 spiro atoms. The van der Waals surface area contributed by atoms with Crippen LogP contribution >= 0.6 is 23.2 Å². The van der Waals surface area contributed by atoms with Gasteiger partial charge in [-0.05, 0) is 62.4 Å². The molecular weight excluding hydrogens is 435 g/mol. The molecule has 0 atom stereocenters. The lowest BCUT2D eigenvalue weighted by atomic mass is 9.88. The van der Waals surface area contributed by atoms with Crippen LogP contribution in [0.5, 0.6) is 0 Å². The SMILES string of the molecule is Clc1cc2cnc(Nc3cnn(C4CC4)c3Cl)nc2cc1C1CCN(C2COC2)CC1. The maximum atomic E-state index is 6.67. The Bertz CT molecular complexity index is 1120. The molecule has 0 bridgehead atoms. The fraction of sp³-hybridized carbons (Fsp3) is 0.500. The Morgan fingerprint density at radius 3 is 2.52 bits per heavy atom. The highest BCUT2D eigenvalue weighted by Crippen LogP contribution is 2.39. The van der Waals surface area contributed by atoms with Gasteiger partial charge in [-0.2, -0.15) is 5.10 Å². The number of fused-ring (bicyclic) bond motifs is 1. The van der Waals surface area contributed by atoms with Crippen molar-refractivity contribution in [2.45, 2.75) is 43.7 Å². The minimum absolute atomic E-state index is 0.425. The molecule has 1 aromatic carbocycles. The van der Waals surface area contributed by atoms with Crippen LogP contribution in [-0.4, -0.2) is 57.0 Å². The van der Waals surface area contributed by atoms with E-state index in [4.69, 9.17) is 32.9 Å². The van der Waals surface area contributed by atoms with Crippen LogP contribution in [0, 0.1) is 0 Å². The minimum Gasteiger partial charge on any atom is -0.378 e. The van der Waals surface area contributed by atoms with Crippen LogP contribution in [0.1, 0.15) is 43.2 Å². The van der Waals surface area contributed by atoms with Crippen LogP contribution in [0.15, 0.2) is 24.5 Å². The lowest BCUT2D eigenvalue weighted by Crippen LogP contribution is -2.51. The van der Waals surface area contributed by atoms with E-state index in [-0.39, 0.29) is 0 Å². The lowest BCUT2D eigenvalue weighted by molar-refractivity contribution is -0.0712. The van der Waals surface area contributed by atoms with Gasteiger partial charge in [-0.15, -0.1) is 0 Å². The Kier molecular flexibility index (Phi) is 5.02. The number of piperidine rings is 1. The number of nitrogens with zero attached hydrogens (tertiary/aromatic N) is 5. The molecule has 1 aliphatic carbocycles. The van der Waals surface area contributed by atoms with E-state index in [0.717, 1.165) is 73.6 Å². The smallest absolute Gasteiger partial charge is 0.227 e. The maximum absolute atomic E-state index is 6.67. The topological polar surface area (TPSA) is 68.1 Å². The third-order valence-corrected chi connectivity index (χ3v) is 7.38. The average Bonchev–Trinajstić information content (AvgIpc) is 3.51. The van der Waals surface area contributed by atoms with Crippen LogP contribution in [-0.2, 0) is 4.74 Å². The van der Waals surface area contributed by atoms with Gasteiger partial charge in [0, 0.05) is 16.6 Å². The molecule has 1 saturated carbocycles. The first-order valence-electron chi connectivity index (χ1n) is 10.9. The van der Waals surface area contributed by atoms with E-state index < -0.39 is 0 Å². The summed E-state index contributed by atoms with van der Waals surface area (Å²) in [7, 11) is 0.